The second-order valence-electron chi connectivity index (χ2n) is 4.28. The van der Waals surface area contributed by atoms with E-state index in [9.17, 15) is 0 Å². The number of hydrogen-bond donors (Lipinski definition) is 2. The topological polar surface area (TPSA) is 63.8 Å². The van der Waals surface area contributed by atoms with Crippen LogP contribution in [0.2, 0.25) is 0 Å². The lowest BCUT2D eigenvalue weighted by atomic mass is 9.92. The first-order valence-electron chi connectivity index (χ1n) is 5.56. The first-order chi connectivity index (χ1) is 7.24. The Balaban J connectivity index is 1.92. The van der Waals surface area contributed by atoms with E-state index in [1.165, 1.54) is 0 Å². The quantitative estimate of drug-likeness (QED) is 0.769. The highest BCUT2D eigenvalue weighted by atomic mass is 15.1. The molecule has 1 aromatic heterocycles. The summed E-state index contributed by atoms with van der Waals surface area (Å²) in [6.07, 6.45) is 6.24. The van der Waals surface area contributed by atoms with E-state index in [-0.39, 0.29) is 0 Å². The largest absolute Gasteiger partial charge is 0.351 e. The van der Waals surface area contributed by atoms with Gasteiger partial charge in [0.1, 0.15) is 0 Å². The normalized spacial score (nSPS) is 26.3. The average Bonchev–Trinajstić information content (AvgIpc) is 2.22. The van der Waals surface area contributed by atoms with Crippen LogP contribution in [0.4, 0.5) is 5.95 Å². The Kier molecular flexibility index (Phi) is 3.16. The molecule has 1 heterocycles. The van der Waals surface area contributed by atoms with Crippen molar-refractivity contribution >= 4 is 5.95 Å². The molecule has 1 saturated carbocycles. The summed E-state index contributed by atoms with van der Waals surface area (Å²) in [5, 5.41) is 3.36. The van der Waals surface area contributed by atoms with Crippen molar-refractivity contribution in [2.75, 3.05) is 5.32 Å². The summed E-state index contributed by atoms with van der Waals surface area (Å²) in [4.78, 5) is 8.53. The molecular weight excluding hydrogens is 188 g/mol. The number of nitrogens with two attached hydrogens (primary N) is 1. The van der Waals surface area contributed by atoms with Gasteiger partial charge >= 0.3 is 0 Å². The van der Waals surface area contributed by atoms with Crippen LogP contribution in [0.1, 0.15) is 31.4 Å². The number of aryl methyl sites for hydroxylation is 1. The second kappa shape index (κ2) is 4.57. The van der Waals surface area contributed by atoms with E-state index in [0.29, 0.717) is 12.1 Å². The van der Waals surface area contributed by atoms with Gasteiger partial charge in [-0.2, -0.15) is 0 Å². The fraction of sp³-hybridized carbons (Fsp3) is 0.636. The van der Waals surface area contributed by atoms with Gasteiger partial charge in [-0.3, -0.25) is 0 Å². The molecule has 0 saturated heterocycles. The first-order valence-corrected chi connectivity index (χ1v) is 5.56. The molecule has 0 unspecified atom stereocenters. The number of nitrogens with one attached hydrogen (secondary N) is 1. The average molecular weight is 206 g/mol. The smallest absolute Gasteiger partial charge is 0.223 e. The Labute approximate surface area is 90.3 Å². The fourth-order valence-electron chi connectivity index (χ4n) is 1.96. The summed E-state index contributed by atoms with van der Waals surface area (Å²) in [5.41, 5.74) is 6.86. The number of hydrogen-bond acceptors (Lipinski definition) is 4. The van der Waals surface area contributed by atoms with Crippen LogP contribution >= 0.6 is 0 Å². The van der Waals surface area contributed by atoms with E-state index in [2.05, 4.69) is 15.3 Å². The van der Waals surface area contributed by atoms with Crippen molar-refractivity contribution in [2.24, 2.45) is 5.73 Å². The zero-order valence-electron chi connectivity index (χ0n) is 9.11. The summed E-state index contributed by atoms with van der Waals surface area (Å²) in [6.45, 7) is 1.98. The maximum Gasteiger partial charge on any atom is 0.223 e. The van der Waals surface area contributed by atoms with Gasteiger partial charge in [0.05, 0.1) is 0 Å². The molecule has 0 atom stereocenters. The third-order valence-electron chi connectivity index (χ3n) is 2.90. The molecule has 3 N–H and O–H groups in total. The van der Waals surface area contributed by atoms with Gasteiger partial charge in [0.2, 0.25) is 5.95 Å². The van der Waals surface area contributed by atoms with Crippen molar-refractivity contribution in [3.63, 3.8) is 0 Å². The first kappa shape index (κ1) is 10.4. The van der Waals surface area contributed by atoms with Gasteiger partial charge in [0.15, 0.2) is 0 Å². The Morgan fingerprint density at radius 2 is 2.07 bits per heavy atom. The van der Waals surface area contributed by atoms with Crippen LogP contribution < -0.4 is 11.1 Å². The maximum atomic E-state index is 5.86. The molecule has 0 bridgehead atoms. The molecule has 2 rings (SSSR count). The van der Waals surface area contributed by atoms with Crippen LogP contribution in [0.15, 0.2) is 12.3 Å². The van der Waals surface area contributed by atoms with Crippen molar-refractivity contribution in [1.29, 1.82) is 0 Å². The third kappa shape index (κ3) is 2.89. The van der Waals surface area contributed by atoms with Crippen LogP contribution in [0, 0.1) is 6.92 Å². The zero-order chi connectivity index (χ0) is 10.7. The van der Waals surface area contributed by atoms with Gasteiger partial charge in [-0.25, -0.2) is 9.97 Å². The van der Waals surface area contributed by atoms with Crippen molar-refractivity contribution in [3.05, 3.63) is 18.0 Å². The van der Waals surface area contributed by atoms with Crippen LogP contribution in [0.3, 0.4) is 0 Å². The highest BCUT2D eigenvalue weighted by Crippen LogP contribution is 2.19. The molecule has 4 nitrogen and oxygen atoms in total. The number of rotatable bonds is 2. The lowest BCUT2D eigenvalue weighted by molar-refractivity contribution is 0.410. The molecule has 1 fully saturated rings. The molecule has 1 aliphatic carbocycles. The lowest BCUT2D eigenvalue weighted by Crippen LogP contribution is -2.33. The van der Waals surface area contributed by atoms with E-state index in [1.54, 1.807) is 6.20 Å². The molecule has 0 radical (unpaired) electrons. The minimum absolute atomic E-state index is 0.390. The van der Waals surface area contributed by atoms with Gasteiger partial charge in [-0.1, -0.05) is 0 Å². The highest BCUT2D eigenvalue weighted by Gasteiger charge is 2.18. The molecule has 82 valence electrons. The van der Waals surface area contributed by atoms with Crippen molar-refractivity contribution in [2.45, 2.75) is 44.7 Å². The highest BCUT2D eigenvalue weighted by molar-refractivity contribution is 5.26. The van der Waals surface area contributed by atoms with E-state index < -0.39 is 0 Å². The molecule has 1 aromatic rings. The van der Waals surface area contributed by atoms with Crippen molar-refractivity contribution in [1.82, 2.24) is 9.97 Å². The van der Waals surface area contributed by atoms with Crippen LogP contribution in [-0.4, -0.2) is 22.1 Å². The van der Waals surface area contributed by atoms with E-state index in [1.807, 2.05) is 13.0 Å². The second-order valence-corrected chi connectivity index (χ2v) is 4.28. The summed E-state index contributed by atoms with van der Waals surface area (Å²) in [6, 6.07) is 2.79. The molecule has 0 spiro atoms. The fourth-order valence-corrected chi connectivity index (χ4v) is 1.96. The Hall–Kier alpha value is -1.16. The molecule has 1 aliphatic rings. The third-order valence-corrected chi connectivity index (χ3v) is 2.90. The Morgan fingerprint density at radius 1 is 1.33 bits per heavy atom. The SMILES string of the molecule is Cc1ccnc(NC2CCC(N)CC2)n1. The Bertz CT molecular complexity index is 318. The van der Waals surface area contributed by atoms with E-state index in [4.69, 9.17) is 5.73 Å². The van der Waals surface area contributed by atoms with Gasteiger partial charge in [0.25, 0.3) is 0 Å². The van der Waals surface area contributed by atoms with Gasteiger partial charge in [0, 0.05) is 24.0 Å². The van der Waals surface area contributed by atoms with Crippen molar-refractivity contribution in [3.8, 4) is 0 Å². The van der Waals surface area contributed by atoms with Crippen LogP contribution in [-0.2, 0) is 0 Å². The summed E-state index contributed by atoms with van der Waals surface area (Å²) in [7, 11) is 0. The zero-order valence-corrected chi connectivity index (χ0v) is 9.11. The van der Waals surface area contributed by atoms with Gasteiger partial charge in [-0.05, 0) is 38.7 Å². The molecule has 0 amide bonds. The number of aromatic nitrogens is 2. The predicted octanol–water partition coefficient (Wildman–Crippen LogP) is 1.47. The lowest BCUT2D eigenvalue weighted by Gasteiger charge is -2.26. The molecule has 0 aliphatic heterocycles. The summed E-state index contributed by atoms with van der Waals surface area (Å²) >= 11 is 0. The minimum atomic E-state index is 0.390. The summed E-state index contributed by atoms with van der Waals surface area (Å²) in [5.74, 6) is 0.746. The Morgan fingerprint density at radius 3 is 2.73 bits per heavy atom. The van der Waals surface area contributed by atoms with Gasteiger partial charge in [-0.15, -0.1) is 0 Å². The van der Waals surface area contributed by atoms with Gasteiger partial charge < -0.3 is 11.1 Å². The minimum Gasteiger partial charge on any atom is -0.351 e. The predicted molar refractivity (Wildman–Crippen MR) is 60.6 cm³/mol. The number of nitrogens with zero attached hydrogens (tertiary/aromatic N) is 2. The molecule has 4 heteroatoms. The van der Waals surface area contributed by atoms with Crippen LogP contribution in [0.25, 0.3) is 0 Å². The van der Waals surface area contributed by atoms with E-state index in [0.717, 1.165) is 37.3 Å². The standard InChI is InChI=1S/C11H18N4/c1-8-6-7-13-11(14-8)15-10-4-2-9(12)3-5-10/h6-7,9-10H,2-5,12H2,1H3,(H,13,14,15). The van der Waals surface area contributed by atoms with E-state index >= 15 is 0 Å². The monoisotopic (exact) mass is 206 g/mol. The van der Waals surface area contributed by atoms with Crippen molar-refractivity contribution < 1.29 is 0 Å². The molecule has 0 aromatic carbocycles. The number of anilines is 1. The molecular formula is C11H18N4. The van der Waals surface area contributed by atoms with Crippen LogP contribution in [0.5, 0.6) is 0 Å². The summed E-state index contributed by atoms with van der Waals surface area (Å²) < 4.78 is 0. The molecule has 15 heavy (non-hydrogen) atoms. The maximum absolute atomic E-state index is 5.86.